The Morgan fingerprint density at radius 3 is 2.53 bits per heavy atom. The Kier molecular flexibility index (Phi) is 3.89. The molecule has 1 aliphatic carbocycles. The molecular formula is C12H22N2O3. The van der Waals surface area contributed by atoms with Gasteiger partial charge >= 0.3 is 6.09 Å². The number of piperidine rings is 1. The van der Waals surface area contributed by atoms with Gasteiger partial charge < -0.3 is 14.5 Å². The summed E-state index contributed by atoms with van der Waals surface area (Å²) >= 11 is 0. The van der Waals surface area contributed by atoms with Crippen LogP contribution in [0.4, 0.5) is 4.79 Å². The molecule has 2 aliphatic rings. The van der Waals surface area contributed by atoms with Crippen LogP contribution in [0.15, 0.2) is 0 Å². The van der Waals surface area contributed by atoms with Crippen LogP contribution < -0.4 is 5.90 Å². The van der Waals surface area contributed by atoms with Gasteiger partial charge in [-0.1, -0.05) is 0 Å². The molecule has 2 rings (SSSR count). The summed E-state index contributed by atoms with van der Waals surface area (Å²) in [7, 11) is 0. The highest BCUT2D eigenvalue weighted by Crippen LogP contribution is 2.55. The van der Waals surface area contributed by atoms with Crippen LogP contribution in [0.1, 0.15) is 32.6 Å². The molecule has 17 heavy (non-hydrogen) atoms. The minimum atomic E-state index is -0.175. The monoisotopic (exact) mass is 242 g/mol. The fraction of sp³-hybridized carbons (Fsp3) is 0.917. The number of nitrogens with zero attached hydrogens (tertiary/aromatic N) is 1. The molecule has 0 aromatic rings. The predicted octanol–water partition coefficient (Wildman–Crippen LogP) is 1.53. The van der Waals surface area contributed by atoms with Crippen molar-refractivity contribution in [3.63, 3.8) is 0 Å². The van der Waals surface area contributed by atoms with Gasteiger partial charge in [-0.3, -0.25) is 0 Å². The van der Waals surface area contributed by atoms with E-state index in [1.54, 1.807) is 4.90 Å². The number of amides is 1. The molecule has 0 aromatic carbocycles. The van der Waals surface area contributed by atoms with Gasteiger partial charge in [0.25, 0.3) is 0 Å². The van der Waals surface area contributed by atoms with E-state index in [0.29, 0.717) is 24.5 Å². The standard InChI is InChI=1S/C12H22N2O3/c1-2-16-11(15)14-7-3-10(4-8-14)12(5-6-12)9-17-13/h10H,2-9,13H2,1H3. The maximum Gasteiger partial charge on any atom is 0.409 e. The van der Waals surface area contributed by atoms with Gasteiger partial charge in [-0.15, -0.1) is 0 Å². The molecule has 1 amide bonds. The SMILES string of the molecule is CCOC(=O)N1CCC(C2(CON)CC2)CC1. The lowest BCUT2D eigenvalue weighted by molar-refractivity contribution is 0.0369. The highest BCUT2D eigenvalue weighted by Gasteiger charge is 2.50. The first-order valence-corrected chi connectivity index (χ1v) is 6.45. The van der Waals surface area contributed by atoms with Crippen LogP contribution in [-0.4, -0.2) is 37.3 Å². The minimum absolute atomic E-state index is 0.175. The fourth-order valence-electron chi connectivity index (χ4n) is 2.89. The molecule has 2 fully saturated rings. The Morgan fingerprint density at radius 1 is 1.41 bits per heavy atom. The highest BCUT2D eigenvalue weighted by atomic mass is 16.6. The first kappa shape index (κ1) is 12.6. The number of hydrogen-bond acceptors (Lipinski definition) is 4. The van der Waals surface area contributed by atoms with Crippen molar-refractivity contribution in [2.24, 2.45) is 17.2 Å². The molecule has 0 aromatic heterocycles. The number of ether oxygens (including phenoxy) is 1. The van der Waals surface area contributed by atoms with Gasteiger partial charge in [0.2, 0.25) is 0 Å². The zero-order chi connectivity index (χ0) is 12.3. The predicted molar refractivity (Wildman–Crippen MR) is 63.1 cm³/mol. The number of carbonyl (C=O) groups is 1. The third-order valence-corrected chi connectivity index (χ3v) is 4.15. The van der Waals surface area contributed by atoms with E-state index in [4.69, 9.17) is 15.5 Å². The molecule has 5 heteroatoms. The lowest BCUT2D eigenvalue weighted by atomic mass is 9.82. The van der Waals surface area contributed by atoms with E-state index in [-0.39, 0.29) is 6.09 Å². The van der Waals surface area contributed by atoms with Gasteiger partial charge in [-0.2, -0.15) is 0 Å². The number of nitrogens with two attached hydrogens (primary N) is 1. The molecular weight excluding hydrogens is 220 g/mol. The van der Waals surface area contributed by atoms with Crippen molar-refractivity contribution in [2.75, 3.05) is 26.3 Å². The Labute approximate surface area is 102 Å². The van der Waals surface area contributed by atoms with Crippen LogP contribution >= 0.6 is 0 Å². The maximum absolute atomic E-state index is 11.6. The second-order valence-corrected chi connectivity index (χ2v) is 5.13. The fourth-order valence-corrected chi connectivity index (χ4v) is 2.89. The average Bonchev–Trinajstić information content (AvgIpc) is 3.11. The molecule has 1 saturated carbocycles. The van der Waals surface area contributed by atoms with Crippen molar-refractivity contribution >= 4 is 6.09 Å². The summed E-state index contributed by atoms with van der Waals surface area (Å²) in [4.78, 5) is 18.2. The Balaban J connectivity index is 1.80. The zero-order valence-electron chi connectivity index (χ0n) is 10.5. The highest BCUT2D eigenvalue weighted by molar-refractivity contribution is 5.67. The van der Waals surface area contributed by atoms with Crippen LogP contribution in [0, 0.1) is 11.3 Å². The van der Waals surface area contributed by atoms with Gasteiger partial charge in [-0.05, 0) is 43.9 Å². The van der Waals surface area contributed by atoms with Gasteiger partial charge in [-0.25, -0.2) is 10.7 Å². The second-order valence-electron chi connectivity index (χ2n) is 5.13. The summed E-state index contributed by atoms with van der Waals surface area (Å²) in [5.74, 6) is 5.84. The lowest BCUT2D eigenvalue weighted by Crippen LogP contribution is -2.41. The summed E-state index contributed by atoms with van der Waals surface area (Å²) in [6.45, 7) is 4.55. The van der Waals surface area contributed by atoms with Crippen molar-refractivity contribution in [3.8, 4) is 0 Å². The van der Waals surface area contributed by atoms with Crippen LogP contribution in [0.2, 0.25) is 0 Å². The number of hydrogen-bond donors (Lipinski definition) is 1. The van der Waals surface area contributed by atoms with Gasteiger partial charge in [0.15, 0.2) is 0 Å². The second kappa shape index (κ2) is 5.23. The van der Waals surface area contributed by atoms with E-state index in [1.165, 1.54) is 12.8 Å². The summed E-state index contributed by atoms with van der Waals surface area (Å²) < 4.78 is 5.01. The molecule has 0 atom stereocenters. The number of carbonyl (C=O) groups excluding carboxylic acids is 1. The van der Waals surface area contributed by atoms with Crippen molar-refractivity contribution in [2.45, 2.75) is 32.6 Å². The lowest BCUT2D eigenvalue weighted by Gasteiger charge is -2.35. The molecule has 1 saturated heterocycles. The van der Waals surface area contributed by atoms with Crippen molar-refractivity contribution < 1.29 is 14.4 Å². The zero-order valence-corrected chi connectivity index (χ0v) is 10.5. The molecule has 0 unspecified atom stereocenters. The summed E-state index contributed by atoms with van der Waals surface area (Å²) in [6.07, 6.45) is 4.35. The smallest absolute Gasteiger partial charge is 0.409 e. The van der Waals surface area contributed by atoms with Gasteiger partial charge in [0.05, 0.1) is 13.2 Å². The first-order chi connectivity index (χ1) is 8.22. The van der Waals surface area contributed by atoms with Crippen LogP contribution in [0.5, 0.6) is 0 Å². The van der Waals surface area contributed by atoms with Crippen molar-refractivity contribution in [1.82, 2.24) is 4.90 Å². The van der Waals surface area contributed by atoms with Gasteiger partial charge in [0.1, 0.15) is 0 Å². The maximum atomic E-state index is 11.6. The molecule has 0 radical (unpaired) electrons. The average molecular weight is 242 g/mol. The molecule has 0 bridgehead atoms. The molecule has 2 N–H and O–H groups in total. The van der Waals surface area contributed by atoms with E-state index in [2.05, 4.69) is 0 Å². The third-order valence-electron chi connectivity index (χ3n) is 4.15. The van der Waals surface area contributed by atoms with Crippen molar-refractivity contribution in [1.29, 1.82) is 0 Å². The summed E-state index contributed by atoms with van der Waals surface area (Å²) in [5, 5.41) is 0. The first-order valence-electron chi connectivity index (χ1n) is 6.45. The summed E-state index contributed by atoms with van der Waals surface area (Å²) in [5.41, 5.74) is 0.315. The van der Waals surface area contributed by atoms with E-state index >= 15 is 0 Å². The van der Waals surface area contributed by atoms with E-state index in [1.807, 2.05) is 6.92 Å². The Hall–Kier alpha value is -0.810. The van der Waals surface area contributed by atoms with Crippen LogP contribution in [-0.2, 0) is 9.57 Å². The molecule has 0 spiro atoms. The number of likely N-dealkylation sites (tertiary alicyclic amines) is 1. The van der Waals surface area contributed by atoms with Crippen molar-refractivity contribution in [3.05, 3.63) is 0 Å². The van der Waals surface area contributed by atoms with E-state index < -0.39 is 0 Å². The largest absolute Gasteiger partial charge is 0.450 e. The normalized spacial score (nSPS) is 23.5. The Bertz CT molecular complexity index is 271. The minimum Gasteiger partial charge on any atom is -0.450 e. The number of rotatable bonds is 4. The van der Waals surface area contributed by atoms with E-state index in [9.17, 15) is 4.79 Å². The third kappa shape index (κ3) is 2.72. The molecule has 1 heterocycles. The molecule has 5 nitrogen and oxygen atoms in total. The van der Waals surface area contributed by atoms with Crippen LogP contribution in [0.25, 0.3) is 0 Å². The van der Waals surface area contributed by atoms with Crippen LogP contribution in [0.3, 0.4) is 0 Å². The quantitative estimate of drug-likeness (QED) is 0.759. The van der Waals surface area contributed by atoms with E-state index in [0.717, 1.165) is 25.9 Å². The molecule has 1 aliphatic heterocycles. The molecule has 98 valence electrons. The topological polar surface area (TPSA) is 64.8 Å². The Morgan fingerprint density at radius 2 is 2.06 bits per heavy atom. The van der Waals surface area contributed by atoms with Gasteiger partial charge in [0, 0.05) is 13.1 Å². The summed E-state index contributed by atoms with van der Waals surface area (Å²) in [6, 6.07) is 0.